The summed E-state index contributed by atoms with van der Waals surface area (Å²) < 4.78 is 53.2. The van der Waals surface area contributed by atoms with Gasteiger partial charge in [-0.2, -0.15) is 0 Å². The van der Waals surface area contributed by atoms with Gasteiger partial charge in [0.05, 0.1) is 7.05 Å². The molecule has 0 spiro atoms. The van der Waals surface area contributed by atoms with E-state index in [1.807, 2.05) is 0 Å². The van der Waals surface area contributed by atoms with Gasteiger partial charge in [0.1, 0.15) is 11.6 Å². The molecule has 6 nitrogen and oxygen atoms in total. The van der Waals surface area contributed by atoms with Crippen LogP contribution < -0.4 is 20.3 Å². The highest BCUT2D eigenvalue weighted by atomic mass is 19.4. The highest BCUT2D eigenvalue weighted by Gasteiger charge is 2.31. The predicted octanol–water partition coefficient (Wildman–Crippen LogP) is 1.82. The molecule has 0 aliphatic carbocycles. The van der Waals surface area contributed by atoms with Crippen molar-refractivity contribution in [2.75, 3.05) is 30.8 Å². The van der Waals surface area contributed by atoms with Crippen LogP contribution in [-0.2, 0) is 9.59 Å². The van der Waals surface area contributed by atoms with Gasteiger partial charge in [0.15, 0.2) is 13.1 Å². The van der Waals surface area contributed by atoms with Crippen molar-refractivity contribution in [1.82, 2.24) is 0 Å². The smallest absolute Gasteiger partial charge is 0.406 e. The molecule has 0 saturated carbocycles. The van der Waals surface area contributed by atoms with Crippen LogP contribution in [0.1, 0.15) is 0 Å². The summed E-state index contributed by atoms with van der Waals surface area (Å²) in [5, 5.41) is 5.04. The Balaban J connectivity index is 1.79. The van der Waals surface area contributed by atoms with E-state index in [9.17, 15) is 27.2 Å². The van der Waals surface area contributed by atoms with Crippen LogP contribution in [-0.4, -0.2) is 38.3 Å². The van der Waals surface area contributed by atoms with Gasteiger partial charge in [-0.3, -0.25) is 9.59 Å². The summed E-state index contributed by atoms with van der Waals surface area (Å²) in [5.41, 5.74) is 0.597. The average molecular weight is 400 g/mol. The molecule has 1 atom stereocenters. The second-order valence-electron chi connectivity index (χ2n) is 5.99. The fourth-order valence-corrected chi connectivity index (χ4v) is 2.33. The standard InChI is InChI=1S/C18H17F4N3O3/c1-25(11-17(27)24-14-4-2-3-12(19)9-14)10-16(26)23-13-5-7-15(8-6-13)28-18(20,21)22/h2-9H,10-11H2,1H3,(H,23,26)(H,24,27)/p+1. The Morgan fingerprint density at radius 1 is 0.964 bits per heavy atom. The number of ether oxygens (including phenoxy) is 1. The van der Waals surface area contributed by atoms with E-state index in [0.717, 1.165) is 12.1 Å². The van der Waals surface area contributed by atoms with Crippen molar-refractivity contribution < 1.29 is 36.8 Å². The number of nitrogens with one attached hydrogen (secondary N) is 3. The first-order valence-electron chi connectivity index (χ1n) is 8.13. The molecule has 3 N–H and O–H groups in total. The third-order valence-corrected chi connectivity index (χ3v) is 3.40. The zero-order chi connectivity index (χ0) is 20.7. The molecular formula is C18H18F4N3O3+. The van der Waals surface area contributed by atoms with Crippen molar-refractivity contribution in [3.8, 4) is 5.75 Å². The number of benzene rings is 2. The molecule has 10 heteroatoms. The molecule has 2 aromatic carbocycles. The fraction of sp³-hybridized carbons (Fsp3) is 0.222. The van der Waals surface area contributed by atoms with Crippen molar-refractivity contribution in [2.45, 2.75) is 6.36 Å². The summed E-state index contributed by atoms with van der Waals surface area (Å²) in [7, 11) is 1.62. The molecule has 0 aliphatic heterocycles. The van der Waals surface area contributed by atoms with Crippen LogP contribution in [0, 0.1) is 5.82 Å². The monoisotopic (exact) mass is 400 g/mol. The van der Waals surface area contributed by atoms with Crippen LogP contribution in [0.25, 0.3) is 0 Å². The highest BCUT2D eigenvalue weighted by Crippen LogP contribution is 2.23. The van der Waals surface area contributed by atoms with Gasteiger partial charge < -0.3 is 20.3 Å². The lowest BCUT2D eigenvalue weighted by atomic mass is 10.3. The topological polar surface area (TPSA) is 71.9 Å². The Hall–Kier alpha value is -3.14. The molecule has 0 heterocycles. The Kier molecular flexibility index (Phi) is 6.94. The van der Waals surface area contributed by atoms with Crippen molar-refractivity contribution >= 4 is 23.2 Å². The first-order chi connectivity index (χ1) is 13.1. The lowest BCUT2D eigenvalue weighted by molar-refractivity contribution is -0.862. The summed E-state index contributed by atoms with van der Waals surface area (Å²) in [5.74, 6) is -1.71. The first kappa shape index (κ1) is 21.2. The Morgan fingerprint density at radius 3 is 2.07 bits per heavy atom. The maximum absolute atomic E-state index is 13.1. The van der Waals surface area contributed by atoms with E-state index in [4.69, 9.17) is 0 Å². The minimum absolute atomic E-state index is 0.0394. The second-order valence-corrected chi connectivity index (χ2v) is 5.99. The van der Waals surface area contributed by atoms with E-state index >= 15 is 0 Å². The minimum Gasteiger partial charge on any atom is -0.406 e. The van der Waals surface area contributed by atoms with Crippen LogP contribution in [0.4, 0.5) is 28.9 Å². The first-order valence-corrected chi connectivity index (χ1v) is 8.13. The van der Waals surface area contributed by atoms with E-state index in [1.54, 1.807) is 7.05 Å². The molecule has 150 valence electrons. The number of hydrogen-bond donors (Lipinski definition) is 3. The van der Waals surface area contributed by atoms with Gasteiger partial charge >= 0.3 is 6.36 Å². The molecule has 0 aliphatic rings. The number of hydrogen-bond acceptors (Lipinski definition) is 3. The van der Waals surface area contributed by atoms with Gasteiger partial charge in [-0.1, -0.05) is 6.07 Å². The third kappa shape index (κ3) is 7.62. The minimum atomic E-state index is -4.79. The zero-order valence-electron chi connectivity index (χ0n) is 14.8. The van der Waals surface area contributed by atoms with Crippen molar-refractivity contribution in [2.24, 2.45) is 0 Å². The zero-order valence-corrected chi connectivity index (χ0v) is 14.8. The maximum Gasteiger partial charge on any atom is 0.573 e. The maximum atomic E-state index is 13.1. The van der Waals surface area contributed by atoms with Crippen molar-refractivity contribution in [3.63, 3.8) is 0 Å². The van der Waals surface area contributed by atoms with E-state index < -0.39 is 29.7 Å². The van der Waals surface area contributed by atoms with E-state index in [1.165, 1.54) is 36.4 Å². The lowest BCUT2D eigenvalue weighted by Gasteiger charge is -2.14. The summed E-state index contributed by atoms with van der Waals surface area (Å²) in [4.78, 5) is 24.5. The number of halogens is 4. The predicted molar refractivity (Wildman–Crippen MR) is 93.4 cm³/mol. The SMILES string of the molecule is C[NH+](CC(=O)Nc1ccc(OC(F)(F)F)cc1)CC(=O)Nc1cccc(F)c1. The number of alkyl halides is 3. The van der Waals surface area contributed by atoms with Crippen molar-refractivity contribution in [3.05, 3.63) is 54.3 Å². The molecule has 0 aromatic heterocycles. The molecule has 2 amide bonds. The van der Waals surface area contributed by atoms with E-state index in [2.05, 4.69) is 15.4 Å². The Morgan fingerprint density at radius 2 is 1.54 bits per heavy atom. The Labute approximate surface area is 158 Å². The molecule has 2 rings (SSSR count). The van der Waals surface area contributed by atoms with Gasteiger partial charge in [-0.25, -0.2) is 4.39 Å². The average Bonchev–Trinajstić information content (AvgIpc) is 2.54. The summed E-state index contributed by atoms with van der Waals surface area (Å²) in [6, 6.07) is 10.1. The Bertz CT molecular complexity index is 826. The number of anilines is 2. The number of likely N-dealkylation sites (N-methyl/N-ethyl adjacent to an activating group) is 1. The van der Waals surface area contributed by atoms with Crippen LogP contribution in [0.5, 0.6) is 5.75 Å². The summed E-state index contributed by atoms with van der Waals surface area (Å²) >= 11 is 0. The highest BCUT2D eigenvalue weighted by molar-refractivity contribution is 5.93. The number of carbonyl (C=O) groups is 2. The van der Waals surface area contributed by atoms with Crippen molar-refractivity contribution in [1.29, 1.82) is 0 Å². The van der Waals surface area contributed by atoms with Gasteiger partial charge in [0, 0.05) is 11.4 Å². The number of amides is 2. The third-order valence-electron chi connectivity index (χ3n) is 3.40. The normalized spacial score (nSPS) is 12.2. The molecule has 0 bridgehead atoms. The molecule has 1 unspecified atom stereocenters. The molecule has 0 fully saturated rings. The number of quaternary nitrogens is 1. The lowest BCUT2D eigenvalue weighted by Crippen LogP contribution is -3.11. The van der Waals surface area contributed by atoms with Gasteiger partial charge in [-0.05, 0) is 42.5 Å². The summed E-state index contributed by atoms with van der Waals surface area (Å²) in [6.45, 7) is -0.0976. The van der Waals surface area contributed by atoms with Gasteiger partial charge in [-0.15, -0.1) is 13.2 Å². The van der Waals surface area contributed by atoms with Gasteiger partial charge in [0.2, 0.25) is 0 Å². The summed E-state index contributed by atoms with van der Waals surface area (Å²) in [6.07, 6.45) is -4.79. The molecular weight excluding hydrogens is 382 g/mol. The van der Waals surface area contributed by atoms with Crippen LogP contribution >= 0.6 is 0 Å². The second kappa shape index (κ2) is 9.18. The molecule has 28 heavy (non-hydrogen) atoms. The van der Waals surface area contributed by atoms with Crippen LogP contribution in [0.15, 0.2) is 48.5 Å². The quantitative estimate of drug-likeness (QED) is 0.621. The van der Waals surface area contributed by atoms with E-state index in [0.29, 0.717) is 10.6 Å². The molecule has 0 saturated heterocycles. The van der Waals surface area contributed by atoms with Crippen LogP contribution in [0.3, 0.4) is 0 Å². The van der Waals surface area contributed by atoms with Gasteiger partial charge in [0.25, 0.3) is 11.8 Å². The number of rotatable bonds is 7. The van der Waals surface area contributed by atoms with Crippen LogP contribution in [0.2, 0.25) is 0 Å². The molecule has 2 aromatic rings. The fourth-order valence-electron chi connectivity index (χ4n) is 2.33. The molecule has 0 radical (unpaired) electrons. The largest absolute Gasteiger partial charge is 0.573 e. The van der Waals surface area contributed by atoms with E-state index in [-0.39, 0.29) is 18.8 Å². The number of carbonyl (C=O) groups excluding carboxylic acids is 2.